The van der Waals surface area contributed by atoms with E-state index in [1.165, 1.54) is 12.8 Å². The van der Waals surface area contributed by atoms with Crippen molar-refractivity contribution in [1.82, 2.24) is 14.9 Å². The average Bonchev–Trinajstić information content (AvgIpc) is 3.13. The number of anilines is 1. The van der Waals surface area contributed by atoms with Gasteiger partial charge in [-0.25, -0.2) is 9.97 Å². The van der Waals surface area contributed by atoms with Crippen LogP contribution in [0, 0.1) is 0 Å². The van der Waals surface area contributed by atoms with E-state index in [1.807, 2.05) is 12.3 Å². The minimum Gasteiger partial charge on any atom is -0.369 e. The predicted octanol–water partition coefficient (Wildman–Crippen LogP) is 1.70. The second kappa shape index (κ2) is 5.50. The molecule has 1 fully saturated rings. The van der Waals surface area contributed by atoms with Gasteiger partial charge in [-0.3, -0.25) is 0 Å². The quantitative estimate of drug-likeness (QED) is 0.603. The molecule has 5 heteroatoms. The molecule has 1 aromatic rings. The summed E-state index contributed by atoms with van der Waals surface area (Å²) in [6.45, 7) is 2.01. The van der Waals surface area contributed by atoms with Gasteiger partial charge in [-0.1, -0.05) is 0 Å². The van der Waals surface area contributed by atoms with E-state index in [0.29, 0.717) is 0 Å². The van der Waals surface area contributed by atoms with Gasteiger partial charge in [0.1, 0.15) is 17.2 Å². The van der Waals surface area contributed by atoms with Gasteiger partial charge in [-0.05, 0) is 26.1 Å². The summed E-state index contributed by atoms with van der Waals surface area (Å²) in [6.07, 6.45) is 6.35. The van der Waals surface area contributed by atoms with Crippen molar-refractivity contribution in [1.29, 1.82) is 0 Å². The molecule has 1 saturated carbocycles. The first kappa shape index (κ1) is 11.7. The molecule has 0 bridgehead atoms. The highest BCUT2D eigenvalue weighted by Crippen LogP contribution is 2.24. The van der Waals surface area contributed by atoms with Crippen LogP contribution in [-0.4, -0.2) is 47.3 Å². The maximum atomic E-state index is 4.19. The number of nitrogens with one attached hydrogen (secondary N) is 1. The van der Waals surface area contributed by atoms with E-state index < -0.39 is 0 Å². The summed E-state index contributed by atoms with van der Waals surface area (Å²) in [5.74, 6) is 0.920. The molecule has 1 aliphatic carbocycles. The Morgan fingerprint density at radius 3 is 3.00 bits per heavy atom. The van der Waals surface area contributed by atoms with Crippen LogP contribution < -0.4 is 5.32 Å². The molecule has 2 rings (SSSR count). The van der Waals surface area contributed by atoms with Gasteiger partial charge < -0.3 is 10.2 Å². The van der Waals surface area contributed by atoms with Crippen LogP contribution in [0.1, 0.15) is 12.8 Å². The van der Waals surface area contributed by atoms with Crippen molar-refractivity contribution in [3.05, 3.63) is 12.4 Å². The molecule has 88 valence electrons. The van der Waals surface area contributed by atoms with Gasteiger partial charge in [0.05, 0.1) is 0 Å². The minimum absolute atomic E-state index is 0.828. The summed E-state index contributed by atoms with van der Waals surface area (Å²) in [5, 5.41) is 4.33. The van der Waals surface area contributed by atoms with Crippen molar-refractivity contribution >= 4 is 17.6 Å². The molecule has 1 aromatic heterocycles. The lowest BCUT2D eigenvalue weighted by Gasteiger charge is -2.15. The minimum atomic E-state index is 0.828. The maximum absolute atomic E-state index is 4.19. The fraction of sp³-hybridized carbons (Fsp3) is 0.636. The Bertz CT molecular complexity index is 341. The van der Waals surface area contributed by atoms with Crippen molar-refractivity contribution in [3.8, 4) is 0 Å². The maximum Gasteiger partial charge on any atom is 0.130 e. The highest BCUT2D eigenvalue weighted by molar-refractivity contribution is 7.98. The molecule has 0 atom stereocenters. The first-order chi connectivity index (χ1) is 7.79. The lowest BCUT2D eigenvalue weighted by atomic mass is 10.5. The smallest absolute Gasteiger partial charge is 0.130 e. The second-order valence-electron chi connectivity index (χ2n) is 4.08. The fourth-order valence-corrected chi connectivity index (χ4v) is 1.99. The first-order valence-electron chi connectivity index (χ1n) is 5.60. The molecule has 0 aliphatic heterocycles. The number of nitrogens with zero attached hydrogens (tertiary/aromatic N) is 3. The van der Waals surface area contributed by atoms with Gasteiger partial charge in [0.25, 0.3) is 0 Å². The Balaban J connectivity index is 1.75. The summed E-state index contributed by atoms with van der Waals surface area (Å²) in [7, 11) is 2.19. The number of hydrogen-bond acceptors (Lipinski definition) is 5. The number of hydrogen-bond donors (Lipinski definition) is 1. The highest BCUT2D eigenvalue weighted by atomic mass is 32.2. The molecule has 0 spiro atoms. The third kappa shape index (κ3) is 3.35. The van der Waals surface area contributed by atoms with Crippen molar-refractivity contribution in [2.24, 2.45) is 0 Å². The van der Waals surface area contributed by atoms with Crippen molar-refractivity contribution in [2.45, 2.75) is 23.9 Å². The normalized spacial score (nSPS) is 15.4. The van der Waals surface area contributed by atoms with E-state index in [1.54, 1.807) is 18.1 Å². The van der Waals surface area contributed by atoms with Gasteiger partial charge in [0, 0.05) is 25.2 Å². The van der Waals surface area contributed by atoms with Crippen LogP contribution in [0.25, 0.3) is 0 Å². The third-order valence-corrected chi connectivity index (χ3v) is 3.43. The zero-order chi connectivity index (χ0) is 11.4. The molecule has 0 unspecified atom stereocenters. The van der Waals surface area contributed by atoms with E-state index in [-0.39, 0.29) is 0 Å². The number of likely N-dealkylation sites (N-methyl/N-ethyl adjacent to an activating group) is 1. The lowest BCUT2D eigenvalue weighted by molar-refractivity contribution is 0.337. The molecule has 1 aliphatic rings. The highest BCUT2D eigenvalue weighted by Gasteiger charge is 2.25. The molecule has 1 heterocycles. The Morgan fingerprint density at radius 2 is 2.31 bits per heavy atom. The average molecular weight is 238 g/mol. The molecule has 0 radical (unpaired) electrons. The predicted molar refractivity (Wildman–Crippen MR) is 68.0 cm³/mol. The van der Waals surface area contributed by atoms with E-state index in [9.17, 15) is 0 Å². The molecular formula is C11H18N4S. The van der Waals surface area contributed by atoms with Gasteiger partial charge in [-0.15, -0.1) is 11.8 Å². The molecule has 0 aromatic carbocycles. The first-order valence-corrected chi connectivity index (χ1v) is 6.82. The van der Waals surface area contributed by atoms with E-state index in [2.05, 4.69) is 27.2 Å². The summed E-state index contributed by atoms with van der Waals surface area (Å²) < 4.78 is 0. The largest absolute Gasteiger partial charge is 0.369 e. The summed E-state index contributed by atoms with van der Waals surface area (Å²) in [6, 6.07) is 2.82. The fourth-order valence-electron chi connectivity index (χ4n) is 1.61. The summed E-state index contributed by atoms with van der Waals surface area (Å²) >= 11 is 1.64. The number of rotatable bonds is 6. The van der Waals surface area contributed by atoms with Crippen molar-refractivity contribution in [3.63, 3.8) is 0 Å². The molecule has 0 saturated heterocycles. The number of thioether (sulfide) groups is 1. The Hall–Kier alpha value is -0.810. The zero-order valence-corrected chi connectivity index (χ0v) is 10.6. The van der Waals surface area contributed by atoms with Crippen LogP contribution in [0.2, 0.25) is 0 Å². The van der Waals surface area contributed by atoms with Crippen molar-refractivity contribution in [2.75, 3.05) is 31.7 Å². The van der Waals surface area contributed by atoms with Crippen LogP contribution in [0.15, 0.2) is 17.4 Å². The Kier molecular flexibility index (Phi) is 4.01. The SMILES string of the molecule is CSc1cc(NCCN(C)C2CC2)ncn1. The van der Waals surface area contributed by atoms with E-state index >= 15 is 0 Å². The van der Waals surface area contributed by atoms with Crippen LogP contribution in [0.4, 0.5) is 5.82 Å². The van der Waals surface area contributed by atoms with Gasteiger partial charge >= 0.3 is 0 Å². The van der Waals surface area contributed by atoms with E-state index in [0.717, 1.165) is 30.0 Å². The molecule has 4 nitrogen and oxygen atoms in total. The molecule has 1 N–H and O–H groups in total. The molecular weight excluding hydrogens is 220 g/mol. The van der Waals surface area contributed by atoms with Crippen LogP contribution >= 0.6 is 11.8 Å². The van der Waals surface area contributed by atoms with Gasteiger partial charge in [0.2, 0.25) is 0 Å². The zero-order valence-electron chi connectivity index (χ0n) is 9.81. The third-order valence-electron chi connectivity index (χ3n) is 2.79. The van der Waals surface area contributed by atoms with Gasteiger partial charge in [-0.2, -0.15) is 0 Å². The monoisotopic (exact) mass is 238 g/mol. The lowest BCUT2D eigenvalue weighted by Crippen LogP contribution is -2.27. The summed E-state index contributed by atoms with van der Waals surface area (Å²) in [4.78, 5) is 10.7. The molecule has 16 heavy (non-hydrogen) atoms. The van der Waals surface area contributed by atoms with Gasteiger partial charge in [0.15, 0.2) is 0 Å². The van der Waals surface area contributed by atoms with Crippen LogP contribution in [0.5, 0.6) is 0 Å². The van der Waals surface area contributed by atoms with Crippen LogP contribution in [0.3, 0.4) is 0 Å². The number of aromatic nitrogens is 2. The molecule has 0 amide bonds. The topological polar surface area (TPSA) is 41.0 Å². The van der Waals surface area contributed by atoms with Crippen LogP contribution in [-0.2, 0) is 0 Å². The van der Waals surface area contributed by atoms with E-state index in [4.69, 9.17) is 0 Å². The standard InChI is InChI=1S/C11H18N4S/c1-15(9-3-4-9)6-5-12-10-7-11(16-2)14-8-13-10/h7-9H,3-6H2,1-2H3,(H,12,13,14). The Morgan fingerprint density at radius 1 is 1.50 bits per heavy atom. The van der Waals surface area contributed by atoms with Crippen molar-refractivity contribution < 1.29 is 0 Å². The second-order valence-corrected chi connectivity index (χ2v) is 4.91. The summed E-state index contributed by atoms with van der Waals surface area (Å²) in [5.41, 5.74) is 0. The Labute approximate surface area is 101 Å².